The van der Waals surface area contributed by atoms with Crippen LogP contribution in [-0.4, -0.2) is 55.9 Å². The van der Waals surface area contributed by atoms with Crippen molar-refractivity contribution in [1.82, 2.24) is 14.4 Å². The number of carbonyl (C=O) groups excluding carboxylic acids is 1. The topological polar surface area (TPSA) is 95.8 Å². The van der Waals surface area contributed by atoms with Crippen LogP contribution in [0.4, 0.5) is 5.69 Å². The Morgan fingerprint density at radius 1 is 1.39 bits per heavy atom. The second kappa shape index (κ2) is 9.65. The monoisotopic (exact) mass is 446 g/mol. The minimum Gasteiger partial charge on any atom is -0.383 e. The summed E-state index contributed by atoms with van der Waals surface area (Å²) in [6.45, 7) is 4.15. The first-order chi connectivity index (χ1) is 14.7. The van der Waals surface area contributed by atoms with Crippen molar-refractivity contribution in [3.8, 4) is 0 Å². The van der Waals surface area contributed by atoms with E-state index in [0.717, 1.165) is 17.7 Å². The van der Waals surface area contributed by atoms with Gasteiger partial charge in [-0.25, -0.2) is 8.42 Å². The minimum absolute atomic E-state index is 0.0577. The van der Waals surface area contributed by atoms with Gasteiger partial charge in [0.25, 0.3) is 0 Å². The maximum atomic E-state index is 13.4. The fourth-order valence-electron chi connectivity index (χ4n) is 3.63. The van der Waals surface area contributed by atoms with Gasteiger partial charge in [0.15, 0.2) is 10.7 Å². The molecular formula is C22H30N4O4S. The van der Waals surface area contributed by atoms with Gasteiger partial charge in [0, 0.05) is 45.1 Å². The molecule has 1 aromatic carbocycles. The summed E-state index contributed by atoms with van der Waals surface area (Å²) < 4.78 is 33.4. The summed E-state index contributed by atoms with van der Waals surface area (Å²) in [4.78, 5) is 14.7. The lowest BCUT2D eigenvalue weighted by Gasteiger charge is -2.31. The van der Waals surface area contributed by atoms with E-state index < -0.39 is 15.9 Å². The summed E-state index contributed by atoms with van der Waals surface area (Å²) in [6.07, 6.45) is 5.42. The van der Waals surface area contributed by atoms with Crippen LogP contribution in [0, 0.1) is 12.8 Å². The van der Waals surface area contributed by atoms with E-state index in [4.69, 9.17) is 4.52 Å². The van der Waals surface area contributed by atoms with E-state index in [2.05, 4.69) is 17.4 Å². The highest BCUT2D eigenvalue weighted by Crippen LogP contribution is 2.29. The molecule has 2 aromatic rings. The van der Waals surface area contributed by atoms with Crippen molar-refractivity contribution in [2.45, 2.75) is 38.0 Å². The van der Waals surface area contributed by atoms with E-state index in [-0.39, 0.29) is 23.1 Å². The first-order valence-corrected chi connectivity index (χ1v) is 11.9. The third-order valence-corrected chi connectivity index (χ3v) is 7.34. The molecule has 1 saturated heterocycles. The highest BCUT2D eigenvalue weighted by molar-refractivity contribution is 7.89. The Hall–Kier alpha value is -2.65. The zero-order chi connectivity index (χ0) is 22.6. The van der Waals surface area contributed by atoms with Gasteiger partial charge in [0.05, 0.1) is 5.92 Å². The molecule has 1 atom stereocenters. The first kappa shape index (κ1) is 23.0. The fraction of sp³-hybridized carbons (Fsp3) is 0.455. The van der Waals surface area contributed by atoms with Crippen LogP contribution < -0.4 is 5.32 Å². The molecule has 1 aliphatic rings. The summed E-state index contributed by atoms with van der Waals surface area (Å²) in [6, 6.07) is 7.70. The predicted octanol–water partition coefficient (Wildman–Crippen LogP) is 3.12. The summed E-state index contributed by atoms with van der Waals surface area (Å²) >= 11 is 0. The minimum atomic E-state index is -3.85. The molecule has 168 valence electrons. The van der Waals surface area contributed by atoms with Crippen LogP contribution in [-0.2, 0) is 21.2 Å². The molecule has 1 aromatic heterocycles. The Bertz CT molecular complexity index is 1060. The molecule has 0 saturated carbocycles. The van der Waals surface area contributed by atoms with Gasteiger partial charge in [-0.15, -0.1) is 0 Å². The predicted molar refractivity (Wildman–Crippen MR) is 120 cm³/mol. The summed E-state index contributed by atoms with van der Waals surface area (Å²) in [5.41, 5.74) is 2.17. The Morgan fingerprint density at radius 3 is 2.87 bits per heavy atom. The van der Waals surface area contributed by atoms with Gasteiger partial charge in [0.2, 0.25) is 15.9 Å². The van der Waals surface area contributed by atoms with Gasteiger partial charge in [-0.3, -0.25) is 4.79 Å². The molecule has 0 bridgehead atoms. The van der Waals surface area contributed by atoms with Crippen LogP contribution in [0.25, 0.3) is 6.08 Å². The molecule has 0 unspecified atom stereocenters. The first-order valence-electron chi connectivity index (χ1n) is 10.4. The lowest BCUT2D eigenvalue weighted by molar-refractivity contribution is -0.120. The number of aromatic nitrogens is 1. The average Bonchev–Trinajstić information content (AvgIpc) is 3.13. The molecule has 0 aliphatic carbocycles. The van der Waals surface area contributed by atoms with Gasteiger partial charge >= 0.3 is 0 Å². The lowest BCUT2D eigenvalue weighted by Crippen LogP contribution is -2.43. The smallest absolute Gasteiger partial charge is 0.248 e. The number of aryl methyl sites for hydroxylation is 2. The van der Waals surface area contributed by atoms with Crippen molar-refractivity contribution in [2.24, 2.45) is 5.92 Å². The van der Waals surface area contributed by atoms with E-state index in [1.54, 1.807) is 24.1 Å². The van der Waals surface area contributed by atoms with Crippen molar-refractivity contribution >= 4 is 27.7 Å². The van der Waals surface area contributed by atoms with Crippen molar-refractivity contribution in [3.63, 3.8) is 0 Å². The standard InChI is InChI=1S/C22H30N4O4S/c1-5-17-8-6-10-19(14-17)23-22(27)18-9-7-12-26(15-18)31(28,29)21-16(2)24-30-20(21)11-13-25(3)4/h6,8,10-11,13-14,18H,5,7,9,12,15H2,1-4H3,(H,23,27)/b13-11+/t18-/m1/s1. The van der Waals surface area contributed by atoms with Crippen LogP contribution in [0.2, 0.25) is 0 Å². The molecule has 9 heteroatoms. The van der Waals surface area contributed by atoms with Crippen molar-refractivity contribution < 1.29 is 17.7 Å². The fourth-order valence-corrected chi connectivity index (χ4v) is 5.41. The number of carbonyl (C=O) groups is 1. The zero-order valence-corrected chi connectivity index (χ0v) is 19.3. The molecular weight excluding hydrogens is 416 g/mol. The Morgan fingerprint density at radius 2 is 2.16 bits per heavy atom. The molecule has 0 spiro atoms. The van der Waals surface area contributed by atoms with Gasteiger partial charge in [-0.2, -0.15) is 4.31 Å². The van der Waals surface area contributed by atoms with Crippen LogP contribution in [0.15, 0.2) is 39.9 Å². The number of hydrogen-bond acceptors (Lipinski definition) is 6. The number of nitrogens with zero attached hydrogens (tertiary/aromatic N) is 3. The van der Waals surface area contributed by atoms with Crippen LogP contribution in [0.1, 0.15) is 36.8 Å². The Labute approximate surface area is 183 Å². The maximum absolute atomic E-state index is 13.4. The van der Waals surface area contributed by atoms with Gasteiger partial charge < -0.3 is 14.7 Å². The van der Waals surface area contributed by atoms with Crippen LogP contribution >= 0.6 is 0 Å². The summed E-state index contributed by atoms with van der Waals surface area (Å²) in [5.74, 6) is -0.396. The summed E-state index contributed by atoms with van der Waals surface area (Å²) in [5, 5.41) is 6.79. The van der Waals surface area contributed by atoms with Crippen LogP contribution in [0.5, 0.6) is 0 Å². The van der Waals surface area contributed by atoms with Crippen molar-refractivity contribution in [3.05, 3.63) is 47.5 Å². The number of anilines is 1. The molecule has 0 radical (unpaired) electrons. The number of piperidine rings is 1. The van der Waals surface area contributed by atoms with E-state index >= 15 is 0 Å². The largest absolute Gasteiger partial charge is 0.383 e. The molecule has 1 amide bonds. The van der Waals surface area contributed by atoms with Gasteiger partial charge in [-0.1, -0.05) is 24.2 Å². The second-order valence-electron chi connectivity index (χ2n) is 7.99. The lowest BCUT2D eigenvalue weighted by atomic mass is 9.98. The highest BCUT2D eigenvalue weighted by atomic mass is 32.2. The molecule has 3 rings (SSSR count). The number of hydrogen-bond donors (Lipinski definition) is 1. The molecule has 8 nitrogen and oxygen atoms in total. The number of amides is 1. The Kier molecular flexibility index (Phi) is 7.17. The number of rotatable bonds is 7. The van der Waals surface area contributed by atoms with Crippen molar-refractivity contribution in [2.75, 3.05) is 32.5 Å². The average molecular weight is 447 g/mol. The van der Waals surface area contributed by atoms with Crippen LogP contribution in [0.3, 0.4) is 0 Å². The highest BCUT2D eigenvalue weighted by Gasteiger charge is 2.37. The van der Waals surface area contributed by atoms with Gasteiger partial charge in [0.1, 0.15) is 5.69 Å². The van der Waals surface area contributed by atoms with E-state index in [0.29, 0.717) is 25.1 Å². The zero-order valence-electron chi connectivity index (χ0n) is 18.5. The number of sulfonamides is 1. The van der Waals surface area contributed by atoms with Gasteiger partial charge in [-0.05, 0) is 43.9 Å². The SMILES string of the molecule is CCc1cccc(NC(=O)[C@@H]2CCCN(S(=O)(=O)c3c(C)noc3/C=C/N(C)C)C2)c1. The summed E-state index contributed by atoms with van der Waals surface area (Å²) in [7, 11) is -0.188. The number of nitrogens with one attached hydrogen (secondary N) is 1. The van der Waals surface area contributed by atoms with E-state index in [9.17, 15) is 13.2 Å². The Balaban J connectivity index is 1.78. The van der Waals surface area contributed by atoms with E-state index in [1.807, 2.05) is 38.4 Å². The number of benzene rings is 1. The quantitative estimate of drug-likeness (QED) is 0.702. The normalized spacial score (nSPS) is 17.7. The molecule has 31 heavy (non-hydrogen) atoms. The third-order valence-electron chi connectivity index (χ3n) is 5.31. The van der Waals surface area contributed by atoms with E-state index in [1.165, 1.54) is 4.31 Å². The molecule has 1 aliphatic heterocycles. The molecule has 1 N–H and O–H groups in total. The maximum Gasteiger partial charge on any atom is 0.248 e. The third kappa shape index (κ3) is 5.34. The molecule has 2 heterocycles. The molecule has 1 fully saturated rings. The second-order valence-corrected chi connectivity index (χ2v) is 9.86. The van der Waals surface area contributed by atoms with Crippen molar-refractivity contribution in [1.29, 1.82) is 0 Å².